The summed E-state index contributed by atoms with van der Waals surface area (Å²) in [5.74, 6) is -0.853. The number of rotatable bonds is 11. The Labute approximate surface area is 137 Å². The van der Waals surface area contributed by atoms with Crippen molar-refractivity contribution >= 4 is 5.91 Å². The summed E-state index contributed by atoms with van der Waals surface area (Å²) in [7, 11) is 1.59. The highest BCUT2D eigenvalue weighted by Crippen LogP contribution is 2.30. The Hall–Kier alpha value is -0.770. The summed E-state index contributed by atoms with van der Waals surface area (Å²) in [4.78, 5) is 11.8. The van der Waals surface area contributed by atoms with E-state index in [1.54, 1.807) is 7.11 Å². The first-order valence-corrected chi connectivity index (χ1v) is 7.90. The monoisotopic (exact) mass is 334 g/mol. The lowest BCUT2D eigenvalue weighted by Crippen LogP contribution is -2.44. The van der Waals surface area contributed by atoms with Gasteiger partial charge in [0.1, 0.15) is 18.8 Å². The fourth-order valence-electron chi connectivity index (χ4n) is 2.41. The zero-order chi connectivity index (χ0) is 17.3. The molecule has 8 heteroatoms. The SMILES string of the molecule is COC(CNC(=O)COCCOCCN)C1OC(C)(C)OC1C. The molecule has 0 aromatic heterocycles. The van der Waals surface area contributed by atoms with E-state index in [-0.39, 0.29) is 30.8 Å². The van der Waals surface area contributed by atoms with E-state index in [4.69, 9.17) is 29.4 Å². The second-order valence-electron chi connectivity index (χ2n) is 5.84. The van der Waals surface area contributed by atoms with Crippen LogP contribution in [0.5, 0.6) is 0 Å². The Kier molecular flexibility index (Phi) is 8.96. The van der Waals surface area contributed by atoms with Crippen molar-refractivity contribution < 1.29 is 28.5 Å². The van der Waals surface area contributed by atoms with Gasteiger partial charge in [-0.25, -0.2) is 0 Å². The maximum Gasteiger partial charge on any atom is 0.246 e. The standard InChI is InChI=1S/C15H30N2O6/c1-11-14(23-15(2,3)22-11)12(19-4)9-17-13(18)10-21-8-7-20-6-5-16/h11-12,14H,5-10,16H2,1-4H3,(H,17,18). The molecule has 0 aromatic carbocycles. The summed E-state index contributed by atoms with van der Waals surface area (Å²) >= 11 is 0. The molecule has 1 saturated heterocycles. The van der Waals surface area contributed by atoms with E-state index in [0.29, 0.717) is 32.9 Å². The van der Waals surface area contributed by atoms with Crippen LogP contribution in [0, 0.1) is 0 Å². The number of nitrogens with one attached hydrogen (secondary N) is 1. The van der Waals surface area contributed by atoms with Crippen LogP contribution in [0.4, 0.5) is 0 Å². The van der Waals surface area contributed by atoms with E-state index < -0.39 is 5.79 Å². The number of carbonyl (C=O) groups is 1. The highest BCUT2D eigenvalue weighted by atomic mass is 16.8. The van der Waals surface area contributed by atoms with E-state index in [1.165, 1.54) is 0 Å². The number of hydrogen-bond acceptors (Lipinski definition) is 7. The molecule has 23 heavy (non-hydrogen) atoms. The molecule has 1 rings (SSSR count). The number of hydrogen-bond donors (Lipinski definition) is 2. The Morgan fingerprint density at radius 1 is 1.26 bits per heavy atom. The lowest BCUT2D eigenvalue weighted by Gasteiger charge is -2.24. The van der Waals surface area contributed by atoms with Crippen molar-refractivity contribution in [2.24, 2.45) is 5.73 Å². The Morgan fingerprint density at radius 3 is 2.52 bits per heavy atom. The molecule has 1 heterocycles. The van der Waals surface area contributed by atoms with Crippen molar-refractivity contribution in [2.45, 2.75) is 44.9 Å². The van der Waals surface area contributed by atoms with Gasteiger partial charge in [-0.1, -0.05) is 0 Å². The average Bonchev–Trinajstić information content (AvgIpc) is 2.76. The van der Waals surface area contributed by atoms with Gasteiger partial charge in [-0.2, -0.15) is 0 Å². The molecule has 8 nitrogen and oxygen atoms in total. The molecule has 0 aliphatic carbocycles. The van der Waals surface area contributed by atoms with Gasteiger partial charge in [-0.05, 0) is 20.8 Å². The first-order chi connectivity index (χ1) is 10.9. The van der Waals surface area contributed by atoms with Gasteiger partial charge in [0.15, 0.2) is 5.79 Å². The van der Waals surface area contributed by atoms with Crippen LogP contribution in [0.3, 0.4) is 0 Å². The molecule has 1 amide bonds. The van der Waals surface area contributed by atoms with Gasteiger partial charge in [-0.15, -0.1) is 0 Å². The molecule has 136 valence electrons. The number of carbonyl (C=O) groups excluding carboxylic acids is 1. The summed E-state index contributed by atoms with van der Waals surface area (Å²) in [6.07, 6.45) is -0.632. The molecular weight excluding hydrogens is 304 g/mol. The van der Waals surface area contributed by atoms with Gasteiger partial charge in [0.05, 0.1) is 25.9 Å². The number of ether oxygens (including phenoxy) is 5. The van der Waals surface area contributed by atoms with Crippen molar-refractivity contribution in [3.8, 4) is 0 Å². The largest absolute Gasteiger partial charge is 0.378 e. The van der Waals surface area contributed by atoms with Crippen LogP contribution in [0.1, 0.15) is 20.8 Å². The fraction of sp³-hybridized carbons (Fsp3) is 0.933. The Morgan fingerprint density at radius 2 is 1.96 bits per heavy atom. The summed E-state index contributed by atoms with van der Waals surface area (Å²) in [5.41, 5.74) is 5.29. The molecule has 3 unspecified atom stereocenters. The third-order valence-corrected chi connectivity index (χ3v) is 3.39. The van der Waals surface area contributed by atoms with Crippen LogP contribution in [0.15, 0.2) is 0 Å². The van der Waals surface area contributed by atoms with Gasteiger partial charge >= 0.3 is 0 Å². The van der Waals surface area contributed by atoms with Crippen molar-refractivity contribution in [1.29, 1.82) is 0 Å². The third-order valence-electron chi connectivity index (χ3n) is 3.39. The number of amides is 1. The zero-order valence-electron chi connectivity index (χ0n) is 14.5. The van der Waals surface area contributed by atoms with Crippen LogP contribution in [-0.2, 0) is 28.5 Å². The molecule has 0 spiro atoms. The smallest absolute Gasteiger partial charge is 0.246 e. The second kappa shape index (κ2) is 10.2. The van der Waals surface area contributed by atoms with Crippen molar-refractivity contribution in [3.05, 3.63) is 0 Å². The average molecular weight is 334 g/mol. The van der Waals surface area contributed by atoms with Gasteiger partial charge in [0.2, 0.25) is 5.91 Å². The third kappa shape index (κ3) is 7.56. The van der Waals surface area contributed by atoms with E-state index in [9.17, 15) is 4.79 Å². The second-order valence-corrected chi connectivity index (χ2v) is 5.84. The lowest BCUT2D eigenvalue weighted by atomic mass is 10.1. The van der Waals surface area contributed by atoms with Crippen molar-refractivity contribution in [3.63, 3.8) is 0 Å². The van der Waals surface area contributed by atoms with Gasteiger partial charge in [0, 0.05) is 20.2 Å². The topological polar surface area (TPSA) is 101 Å². The van der Waals surface area contributed by atoms with Gasteiger partial charge < -0.3 is 34.7 Å². The summed E-state index contributed by atoms with van der Waals surface area (Å²) in [5, 5.41) is 2.78. The summed E-state index contributed by atoms with van der Waals surface area (Å²) < 4.78 is 27.3. The maximum absolute atomic E-state index is 11.8. The van der Waals surface area contributed by atoms with Gasteiger partial charge in [0.25, 0.3) is 0 Å². The Balaban J connectivity index is 2.22. The number of nitrogens with two attached hydrogens (primary N) is 1. The molecule has 0 radical (unpaired) electrons. The molecule has 3 atom stereocenters. The molecule has 1 aliphatic heterocycles. The summed E-state index contributed by atoms with van der Waals surface area (Å²) in [6, 6.07) is 0. The highest BCUT2D eigenvalue weighted by Gasteiger charge is 2.43. The van der Waals surface area contributed by atoms with Crippen LogP contribution >= 0.6 is 0 Å². The van der Waals surface area contributed by atoms with Crippen LogP contribution < -0.4 is 11.1 Å². The number of methoxy groups -OCH3 is 1. The molecular formula is C15H30N2O6. The zero-order valence-corrected chi connectivity index (χ0v) is 14.5. The van der Waals surface area contributed by atoms with Crippen molar-refractivity contribution in [2.75, 3.05) is 46.6 Å². The van der Waals surface area contributed by atoms with E-state index in [2.05, 4.69) is 5.32 Å². The van der Waals surface area contributed by atoms with E-state index in [0.717, 1.165) is 0 Å². The molecule has 0 saturated carbocycles. The lowest BCUT2D eigenvalue weighted by molar-refractivity contribution is -0.156. The minimum atomic E-state index is -0.641. The highest BCUT2D eigenvalue weighted by molar-refractivity contribution is 5.77. The normalized spacial score (nSPS) is 24.6. The molecule has 1 aliphatic rings. The van der Waals surface area contributed by atoms with E-state index >= 15 is 0 Å². The predicted molar refractivity (Wildman–Crippen MR) is 84.0 cm³/mol. The first-order valence-electron chi connectivity index (χ1n) is 7.90. The predicted octanol–water partition coefficient (Wildman–Crippen LogP) is -0.350. The molecule has 1 fully saturated rings. The minimum Gasteiger partial charge on any atom is -0.378 e. The molecule has 0 bridgehead atoms. The first kappa shape index (κ1) is 20.3. The molecule has 0 aromatic rings. The van der Waals surface area contributed by atoms with Crippen LogP contribution in [0.25, 0.3) is 0 Å². The Bertz CT molecular complexity index is 353. The van der Waals surface area contributed by atoms with E-state index in [1.807, 2.05) is 20.8 Å². The van der Waals surface area contributed by atoms with Crippen LogP contribution in [0.2, 0.25) is 0 Å². The minimum absolute atomic E-state index is 0.0223. The van der Waals surface area contributed by atoms with Crippen molar-refractivity contribution in [1.82, 2.24) is 5.32 Å². The quantitative estimate of drug-likeness (QED) is 0.498. The maximum atomic E-state index is 11.8. The molecule has 3 N–H and O–H groups in total. The summed E-state index contributed by atoms with van der Waals surface area (Å²) in [6.45, 7) is 7.69. The fourth-order valence-corrected chi connectivity index (χ4v) is 2.41. The van der Waals surface area contributed by atoms with Crippen LogP contribution in [-0.4, -0.2) is 76.6 Å². The van der Waals surface area contributed by atoms with Gasteiger partial charge in [-0.3, -0.25) is 4.79 Å².